The summed E-state index contributed by atoms with van der Waals surface area (Å²) in [5.74, 6) is -0.350. The minimum absolute atomic E-state index is 0.0225. The molecular weight excluding hydrogens is 212 g/mol. The monoisotopic (exact) mass is 232 g/mol. The van der Waals surface area contributed by atoms with Crippen LogP contribution in [0.1, 0.15) is 60.6 Å². The summed E-state index contributed by atoms with van der Waals surface area (Å²) in [5.41, 5.74) is 8.01. The summed E-state index contributed by atoms with van der Waals surface area (Å²) >= 11 is 0. The minimum Gasteiger partial charge on any atom is -0.366 e. The first kappa shape index (κ1) is 12.1. The Morgan fingerprint density at radius 2 is 2.00 bits per heavy atom. The number of rotatable bonds is 2. The number of aryl methyl sites for hydroxylation is 1. The van der Waals surface area contributed by atoms with Gasteiger partial charge >= 0.3 is 0 Å². The minimum atomic E-state index is -0.350. The first-order chi connectivity index (χ1) is 8.04. The molecule has 1 saturated carbocycles. The number of aromatic nitrogens is 1. The Bertz CT molecular complexity index is 434. The molecule has 1 amide bonds. The molecule has 0 unspecified atom stereocenters. The predicted octanol–water partition coefficient (Wildman–Crippen LogP) is 2.71. The van der Waals surface area contributed by atoms with Crippen molar-refractivity contribution in [1.29, 1.82) is 0 Å². The maximum absolute atomic E-state index is 11.6. The van der Waals surface area contributed by atoms with Gasteiger partial charge in [0.15, 0.2) is 0 Å². The van der Waals surface area contributed by atoms with E-state index in [0.29, 0.717) is 5.56 Å². The van der Waals surface area contributed by atoms with Gasteiger partial charge in [-0.15, -0.1) is 0 Å². The molecule has 0 aromatic carbocycles. The van der Waals surface area contributed by atoms with Crippen molar-refractivity contribution in [3.63, 3.8) is 0 Å². The molecule has 3 heteroatoms. The van der Waals surface area contributed by atoms with Gasteiger partial charge in [-0.25, -0.2) is 0 Å². The van der Waals surface area contributed by atoms with Gasteiger partial charge in [0.05, 0.1) is 11.3 Å². The number of carbonyl (C=O) groups excluding carboxylic acids is 1. The summed E-state index contributed by atoms with van der Waals surface area (Å²) in [6.45, 7) is 4.14. The number of amides is 1. The summed E-state index contributed by atoms with van der Waals surface area (Å²) in [6.07, 6.45) is 7.70. The van der Waals surface area contributed by atoms with E-state index in [2.05, 4.69) is 11.9 Å². The van der Waals surface area contributed by atoms with Crippen LogP contribution < -0.4 is 5.73 Å². The largest absolute Gasteiger partial charge is 0.366 e. The Morgan fingerprint density at radius 1 is 1.35 bits per heavy atom. The van der Waals surface area contributed by atoms with E-state index in [-0.39, 0.29) is 11.3 Å². The van der Waals surface area contributed by atoms with E-state index in [1.54, 1.807) is 6.20 Å². The first-order valence-corrected chi connectivity index (χ1v) is 6.30. The molecule has 2 rings (SSSR count). The third kappa shape index (κ3) is 2.19. The van der Waals surface area contributed by atoms with Gasteiger partial charge in [0, 0.05) is 11.6 Å². The third-order valence-electron chi connectivity index (χ3n) is 3.93. The van der Waals surface area contributed by atoms with Gasteiger partial charge in [-0.3, -0.25) is 9.78 Å². The van der Waals surface area contributed by atoms with E-state index in [0.717, 1.165) is 24.1 Å². The van der Waals surface area contributed by atoms with Crippen molar-refractivity contribution in [3.8, 4) is 0 Å². The number of hydrogen-bond acceptors (Lipinski definition) is 2. The van der Waals surface area contributed by atoms with Crippen LogP contribution >= 0.6 is 0 Å². The molecular formula is C14H20N2O. The molecule has 0 atom stereocenters. The zero-order valence-electron chi connectivity index (χ0n) is 10.6. The van der Waals surface area contributed by atoms with Crippen molar-refractivity contribution in [3.05, 3.63) is 29.1 Å². The molecule has 17 heavy (non-hydrogen) atoms. The molecule has 1 fully saturated rings. The number of carbonyl (C=O) groups is 1. The van der Waals surface area contributed by atoms with Crippen LogP contribution in [-0.4, -0.2) is 10.9 Å². The van der Waals surface area contributed by atoms with Crippen LogP contribution in [0.15, 0.2) is 12.3 Å². The lowest BCUT2D eigenvalue weighted by molar-refractivity contribution is 0.0995. The van der Waals surface area contributed by atoms with Crippen molar-refractivity contribution in [2.24, 2.45) is 5.73 Å². The van der Waals surface area contributed by atoms with Gasteiger partial charge in [-0.1, -0.05) is 26.2 Å². The highest BCUT2D eigenvalue weighted by atomic mass is 16.1. The number of nitrogens with zero attached hydrogens (tertiary/aromatic N) is 1. The highest BCUT2D eigenvalue weighted by molar-refractivity contribution is 5.95. The normalized spacial score (nSPS) is 18.9. The van der Waals surface area contributed by atoms with Crippen LogP contribution in [0.3, 0.4) is 0 Å². The summed E-state index contributed by atoms with van der Waals surface area (Å²) in [5, 5.41) is 0. The van der Waals surface area contributed by atoms with Crippen molar-refractivity contribution < 1.29 is 4.79 Å². The second-order valence-corrected chi connectivity index (χ2v) is 5.34. The van der Waals surface area contributed by atoms with Crippen LogP contribution in [0.2, 0.25) is 0 Å². The molecule has 92 valence electrons. The van der Waals surface area contributed by atoms with Crippen molar-refractivity contribution in [2.75, 3.05) is 0 Å². The van der Waals surface area contributed by atoms with Crippen LogP contribution in [0, 0.1) is 6.92 Å². The molecule has 1 aromatic rings. The lowest BCUT2D eigenvalue weighted by Crippen LogP contribution is -2.31. The third-order valence-corrected chi connectivity index (χ3v) is 3.93. The van der Waals surface area contributed by atoms with Gasteiger partial charge in [0.1, 0.15) is 0 Å². The fourth-order valence-corrected chi connectivity index (χ4v) is 2.90. The Morgan fingerprint density at radius 3 is 2.59 bits per heavy atom. The van der Waals surface area contributed by atoms with Crippen LogP contribution in [0.4, 0.5) is 0 Å². The summed E-state index contributed by atoms with van der Waals surface area (Å²) in [4.78, 5) is 16.1. The van der Waals surface area contributed by atoms with Crippen molar-refractivity contribution >= 4 is 5.91 Å². The van der Waals surface area contributed by atoms with E-state index in [1.165, 1.54) is 19.3 Å². The average Bonchev–Trinajstić information content (AvgIpc) is 2.29. The van der Waals surface area contributed by atoms with Gasteiger partial charge in [-0.2, -0.15) is 0 Å². The lowest BCUT2D eigenvalue weighted by atomic mass is 9.71. The number of nitrogens with two attached hydrogens (primary N) is 1. The number of hydrogen-bond donors (Lipinski definition) is 1. The second-order valence-electron chi connectivity index (χ2n) is 5.34. The highest BCUT2D eigenvalue weighted by Crippen LogP contribution is 2.39. The Kier molecular flexibility index (Phi) is 3.18. The van der Waals surface area contributed by atoms with Gasteiger partial charge < -0.3 is 5.73 Å². The second kappa shape index (κ2) is 4.47. The molecule has 3 nitrogen and oxygen atoms in total. The van der Waals surface area contributed by atoms with E-state index < -0.39 is 0 Å². The zero-order chi connectivity index (χ0) is 12.5. The summed E-state index contributed by atoms with van der Waals surface area (Å²) in [7, 11) is 0. The van der Waals surface area contributed by atoms with E-state index in [4.69, 9.17) is 5.73 Å². The van der Waals surface area contributed by atoms with Crippen LogP contribution in [-0.2, 0) is 5.41 Å². The molecule has 0 aliphatic heterocycles. The summed E-state index contributed by atoms with van der Waals surface area (Å²) < 4.78 is 0. The Balaban J connectivity index is 2.50. The quantitative estimate of drug-likeness (QED) is 0.852. The van der Waals surface area contributed by atoms with Gasteiger partial charge in [0.25, 0.3) is 5.91 Å². The van der Waals surface area contributed by atoms with Crippen molar-refractivity contribution in [1.82, 2.24) is 4.98 Å². The van der Waals surface area contributed by atoms with Gasteiger partial charge in [0.2, 0.25) is 0 Å². The Labute approximate surface area is 102 Å². The molecule has 1 aromatic heterocycles. The molecule has 1 aliphatic carbocycles. The topological polar surface area (TPSA) is 56.0 Å². The fourth-order valence-electron chi connectivity index (χ4n) is 2.90. The maximum Gasteiger partial charge on any atom is 0.250 e. The van der Waals surface area contributed by atoms with Gasteiger partial charge in [-0.05, 0) is 31.4 Å². The predicted molar refractivity (Wildman–Crippen MR) is 67.9 cm³/mol. The molecule has 1 heterocycles. The fraction of sp³-hybridized carbons (Fsp3) is 0.571. The van der Waals surface area contributed by atoms with Crippen molar-refractivity contribution in [2.45, 2.75) is 51.4 Å². The molecule has 0 spiro atoms. The smallest absolute Gasteiger partial charge is 0.250 e. The zero-order valence-corrected chi connectivity index (χ0v) is 10.6. The van der Waals surface area contributed by atoms with E-state index >= 15 is 0 Å². The molecule has 0 bridgehead atoms. The van der Waals surface area contributed by atoms with Crippen LogP contribution in [0.25, 0.3) is 0 Å². The SMILES string of the molecule is Cc1ccnc(C2(C)CCCCC2)c1C(N)=O. The first-order valence-electron chi connectivity index (χ1n) is 6.30. The lowest BCUT2D eigenvalue weighted by Gasteiger charge is -2.34. The molecule has 0 radical (unpaired) electrons. The number of pyridine rings is 1. The summed E-state index contributed by atoms with van der Waals surface area (Å²) in [6, 6.07) is 1.86. The van der Waals surface area contributed by atoms with Crippen LogP contribution in [0.5, 0.6) is 0 Å². The average molecular weight is 232 g/mol. The maximum atomic E-state index is 11.6. The van der Waals surface area contributed by atoms with E-state index in [9.17, 15) is 4.79 Å². The number of primary amides is 1. The Hall–Kier alpha value is -1.38. The van der Waals surface area contributed by atoms with E-state index in [1.807, 2.05) is 13.0 Å². The molecule has 1 aliphatic rings. The standard InChI is InChI=1S/C14H20N2O/c1-10-6-9-16-12(11(10)13(15)17)14(2)7-4-3-5-8-14/h6,9H,3-5,7-8H2,1-2H3,(H2,15,17). The highest BCUT2D eigenvalue weighted by Gasteiger charge is 2.33. The molecule has 0 saturated heterocycles. The molecule has 2 N–H and O–H groups in total.